The van der Waals surface area contributed by atoms with Crippen LogP contribution in [0.3, 0.4) is 0 Å². The minimum Gasteiger partial charge on any atom is -0.314 e. The van der Waals surface area contributed by atoms with Gasteiger partial charge in [0.15, 0.2) is 0 Å². The third-order valence-corrected chi connectivity index (χ3v) is 2.42. The van der Waals surface area contributed by atoms with Gasteiger partial charge in [0.1, 0.15) is 0 Å². The van der Waals surface area contributed by atoms with E-state index in [2.05, 4.69) is 33.0 Å². The van der Waals surface area contributed by atoms with E-state index in [0.29, 0.717) is 6.04 Å². The van der Waals surface area contributed by atoms with Gasteiger partial charge in [0.25, 0.3) is 0 Å². The molecule has 0 saturated carbocycles. The molecule has 0 aromatic rings. The molecule has 0 fully saturated rings. The zero-order valence-electron chi connectivity index (χ0n) is 8.48. The first-order chi connectivity index (χ1) is 5.26. The van der Waals surface area contributed by atoms with Gasteiger partial charge in [-0.1, -0.05) is 33.6 Å². The summed E-state index contributed by atoms with van der Waals surface area (Å²) in [5.41, 5.74) is 0. The maximum Gasteiger partial charge on any atom is 0.00667 e. The zero-order chi connectivity index (χ0) is 8.69. The number of hydrogen-bond acceptors (Lipinski definition) is 1. The Bertz CT molecular complexity index is 80.9. The van der Waals surface area contributed by atoms with Crippen LogP contribution >= 0.6 is 0 Å². The maximum absolute atomic E-state index is 3.48. The van der Waals surface area contributed by atoms with E-state index in [-0.39, 0.29) is 0 Å². The summed E-state index contributed by atoms with van der Waals surface area (Å²) in [7, 11) is 0. The molecule has 0 amide bonds. The van der Waals surface area contributed by atoms with Crippen LogP contribution in [-0.2, 0) is 0 Å². The molecular formula is C10H23N. The molecular weight excluding hydrogens is 134 g/mol. The summed E-state index contributed by atoms with van der Waals surface area (Å²) in [6.45, 7) is 10.1. The lowest BCUT2D eigenvalue weighted by Crippen LogP contribution is -2.32. The van der Waals surface area contributed by atoms with Crippen LogP contribution in [-0.4, -0.2) is 12.6 Å². The fraction of sp³-hybridized carbons (Fsp3) is 1.00. The van der Waals surface area contributed by atoms with Gasteiger partial charge < -0.3 is 5.32 Å². The first kappa shape index (κ1) is 11.0. The van der Waals surface area contributed by atoms with Gasteiger partial charge in [-0.15, -0.1) is 0 Å². The highest BCUT2D eigenvalue weighted by atomic mass is 14.9. The molecule has 1 heteroatoms. The highest BCUT2D eigenvalue weighted by Gasteiger charge is 2.12. The molecule has 1 nitrogen and oxygen atoms in total. The molecule has 0 aliphatic heterocycles. The Morgan fingerprint density at radius 3 is 2.18 bits per heavy atom. The molecule has 0 saturated heterocycles. The van der Waals surface area contributed by atoms with Crippen molar-refractivity contribution in [3.05, 3.63) is 0 Å². The minimum atomic E-state index is 0.699. The highest BCUT2D eigenvalue weighted by molar-refractivity contribution is 4.69. The maximum atomic E-state index is 3.48. The van der Waals surface area contributed by atoms with Crippen LogP contribution in [0.5, 0.6) is 0 Å². The number of nitrogens with one attached hydrogen (secondary N) is 1. The van der Waals surface area contributed by atoms with E-state index >= 15 is 0 Å². The van der Waals surface area contributed by atoms with Crippen LogP contribution in [0.15, 0.2) is 0 Å². The second-order valence-corrected chi connectivity index (χ2v) is 3.30. The van der Waals surface area contributed by atoms with Crippen LogP contribution in [0.1, 0.15) is 47.0 Å². The lowest BCUT2D eigenvalue weighted by molar-refractivity contribution is 0.346. The van der Waals surface area contributed by atoms with E-state index in [1.807, 2.05) is 0 Å². The van der Waals surface area contributed by atoms with Crippen LogP contribution in [0.2, 0.25) is 0 Å². The summed E-state index contributed by atoms with van der Waals surface area (Å²) < 4.78 is 0. The average molecular weight is 157 g/mol. The molecule has 0 heterocycles. The third-order valence-electron chi connectivity index (χ3n) is 2.42. The molecule has 2 atom stereocenters. The van der Waals surface area contributed by atoms with Gasteiger partial charge in [-0.3, -0.25) is 0 Å². The molecule has 2 unspecified atom stereocenters. The Kier molecular flexibility index (Phi) is 6.63. The number of hydrogen-bond donors (Lipinski definition) is 1. The van der Waals surface area contributed by atoms with E-state index in [1.165, 1.54) is 19.3 Å². The fourth-order valence-electron chi connectivity index (χ4n) is 1.67. The monoisotopic (exact) mass is 157 g/mol. The summed E-state index contributed by atoms with van der Waals surface area (Å²) in [5.74, 6) is 0.875. The SMILES string of the molecule is CCCC(CC)C(C)NCC. The quantitative estimate of drug-likeness (QED) is 0.625. The Morgan fingerprint density at radius 2 is 1.82 bits per heavy atom. The van der Waals surface area contributed by atoms with E-state index < -0.39 is 0 Å². The summed E-state index contributed by atoms with van der Waals surface area (Å²) in [5, 5.41) is 3.48. The first-order valence-corrected chi connectivity index (χ1v) is 4.99. The van der Waals surface area contributed by atoms with Crippen molar-refractivity contribution in [3.8, 4) is 0 Å². The van der Waals surface area contributed by atoms with Gasteiger partial charge in [-0.2, -0.15) is 0 Å². The Labute approximate surface area is 71.6 Å². The second-order valence-electron chi connectivity index (χ2n) is 3.30. The van der Waals surface area contributed by atoms with Gasteiger partial charge in [-0.25, -0.2) is 0 Å². The van der Waals surface area contributed by atoms with Crippen LogP contribution < -0.4 is 5.32 Å². The summed E-state index contributed by atoms with van der Waals surface area (Å²) in [6, 6.07) is 0.699. The van der Waals surface area contributed by atoms with Crippen molar-refractivity contribution in [1.82, 2.24) is 5.32 Å². The molecule has 0 spiro atoms. The largest absolute Gasteiger partial charge is 0.314 e. The van der Waals surface area contributed by atoms with E-state index in [9.17, 15) is 0 Å². The second kappa shape index (κ2) is 6.66. The molecule has 0 bridgehead atoms. The molecule has 0 aromatic heterocycles. The van der Waals surface area contributed by atoms with Crippen LogP contribution in [0.25, 0.3) is 0 Å². The van der Waals surface area contributed by atoms with Crippen molar-refractivity contribution in [2.24, 2.45) is 5.92 Å². The molecule has 0 aliphatic carbocycles. The molecule has 1 N–H and O–H groups in total. The minimum absolute atomic E-state index is 0.699. The molecule has 0 aromatic carbocycles. The topological polar surface area (TPSA) is 12.0 Å². The van der Waals surface area contributed by atoms with Crippen LogP contribution in [0, 0.1) is 5.92 Å². The van der Waals surface area contributed by atoms with Gasteiger partial charge in [0.05, 0.1) is 0 Å². The Morgan fingerprint density at radius 1 is 1.18 bits per heavy atom. The van der Waals surface area contributed by atoms with E-state index in [1.54, 1.807) is 0 Å². The van der Waals surface area contributed by atoms with Gasteiger partial charge in [0.2, 0.25) is 0 Å². The third kappa shape index (κ3) is 4.41. The molecule has 0 rings (SSSR count). The van der Waals surface area contributed by atoms with Gasteiger partial charge in [-0.05, 0) is 25.8 Å². The van der Waals surface area contributed by atoms with E-state index in [4.69, 9.17) is 0 Å². The van der Waals surface area contributed by atoms with Crippen molar-refractivity contribution >= 4 is 0 Å². The van der Waals surface area contributed by atoms with Gasteiger partial charge in [0, 0.05) is 6.04 Å². The number of rotatable bonds is 6. The highest BCUT2D eigenvalue weighted by Crippen LogP contribution is 2.14. The summed E-state index contributed by atoms with van der Waals surface area (Å²) in [4.78, 5) is 0. The fourth-order valence-corrected chi connectivity index (χ4v) is 1.67. The van der Waals surface area contributed by atoms with Crippen molar-refractivity contribution in [2.75, 3.05) is 6.54 Å². The van der Waals surface area contributed by atoms with Crippen molar-refractivity contribution in [2.45, 2.75) is 53.0 Å². The molecule has 68 valence electrons. The van der Waals surface area contributed by atoms with Crippen molar-refractivity contribution in [3.63, 3.8) is 0 Å². The molecule has 0 radical (unpaired) electrons. The predicted octanol–water partition coefficient (Wildman–Crippen LogP) is 2.81. The molecule has 11 heavy (non-hydrogen) atoms. The summed E-state index contributed by atoms with van der Waals surface area (Å²) >= 11 is 0. The first-order valence-electron chi connectivity index (χ1n) is 4.99. The zero-order valence-corrected chi connectivity index (χ0v) is 8.48. The average Bonchev–Trinajstić information content (AvgIpc) is 2.00. The Balaban J connectivity index is 3.61. The Hall–Kier alpha value is -0.0400. The van der Waals surface area contributed by atoms with E-state index in [0.717, 1.165) is 12.5 Å². The van der Waals surface area contributed by atoms with Gasteiger partial charge >= 0.3 is 0 Å². The lowest BCUT2D eigenvalue weighted by atomic mass is 9.93. The molecule has 0 aliphatic rings. The normalized spacial score (nSPS) is 16.4. The van der Waals surface area contributed by atoms with Crippen LogP contribution in [0.4, 0.5) is 0 Å². The van der Waals surface area contributed by atoms with Crippen molar-refractivity contribution in [1.29, 1.82) is 0 Å². The predicted molar refractivity (Wildman–Crippen MR) is 51.8 cm³/mol. The summed E-state index contributed by atoms with van der Waals surface area (Å²) in [6.07, 6.45) is 3.99. The lowest BCUT2D eigenvalue weighted by Gasteiger charge is -2.22. The van der Waals surface area contributed by atoms with Crippen molar-refractivity contribution < 1.29 is 0 Å². The smallest absolute Gasteiger partial charge is 0.00667 e. The standard InChI is InChI=1S/C10H23N/c1-5-8-10(6-2)9(4)11-7-3/h9-11H,5-8H2,1-4H3.